The summed E-state index contributed by atoms with van der Waals surface area (Å²) < 4.78 is 1.08. The molecule has 0 aliphatic rings. The van der Waals surface area contributed by atoms with E-state index >= 15 is 0 Å². The molecule has 1 aromatic carbocycles. The van der Waals surface area contributed by atoms with Gasteiger partial charge in [0.25, 0.3) is 0 Å². The van der Waals surface area contributed by atoms with Crippen LogP contribution < -0.4 is 0 Å². The van der Waals surface area contributed by atoms with Crippen molar-refractivity contribution in [2.75, 3.05) is 0 Å². The molecule has 0 saturated carbocycles. The minimum atomic E-state index is 1.08. The quantitative estimate of drug-likeness (QED) is 0.682. The Morgan fingerprint density at radius 1 is 1.50 bits per heavy atom. The average molecular weight is 224 g/mol. The van der Waals surface area contributed by atoms with Crippen molar-refractivity contribution in [3.05, 3.63) is 40.0 Å². The summed E-state index contributed by atoms with van der Waals surface area (Å²) in [5.74, 6) is 0. The van der Waals surface area contributed by atoms with Crippen molar-refractivity contribution in [1.82, 2.24) is 0 Å². The Labute approximate surface area is 81.0 Å². The maximum Gasteiger partial charge on any atom is 0.0266 e. The van der Waals surface area contributed by atoms with Gasteiger partial charge in [0.2, 0.25) is 0 Å². The van der Waals surface area contributed by atoms with Gasteiger partial charge in [0.05, 0.1) is 0 Å². The second-order valence-electron chi connectivity index (χ2n) is 2.50. The second-order valence-corrected chi connectivity index (χ2v) is 3.41. The lowest BCUT2D eigenvalue weighted by Crippen LogP contribution is -1.78. The van der Waals surface area contributed by atoms with E-state index in [0.717, 1.165) is 10.0 Å². The number of rotatable bonds is 2. The van der Waals surface area contributed by atoms with Crippen molar-refractivity contribution in [2.24, 2.45) is 4.99 Å². The van der Waals surface area contributed by atoms with Crippen LogP contribution >= 0.6 is 15.9 Å². The molecule has 0 saturated heterocycles. The van der Waals surface area contributed by atoms with Gasteiger partial charge in [-0.2, -0.15) is 0 Å². The van der Waals surface area contributed by atoms with Gasteiger partial charge in [0.15, 0.2) is 0 Å². The lowest BCUT2D eigenvalue weighted by molar-refractivity contribution is 1.42. The molecule has 1 aromatic rings. The van der Waals surface area contributed by atoms with Crippen LogP contribution in [-0.2, 0) is 0 Å². The molecule has 0 unspecified atom stereocenters. The van der Waals surface area contributed by atoms with Crippen LogP contribution in [0.3, 0.4) is 0 Å². The summed E-state index contributed by atoms with van der Waals surface area (Å²) in [5.41, 5.74) is 2.40. The minimum Gasteiger partial charge on any atom is -0.272 e. The molecule has 0 spiro atoms. The van der Waals surface area contributed by atoms with Gasteiger partial charge in [0.1, 0.15) is 0 Å². The van der Waals surface area contributed by atoms with Crippen molar-refractivity contribution < 1.29 is 0 Å². The monoisotopic (exact) mass is 223 g/mol. The van der Waals surface area contributed by atoms with E-state index in [0.29, 0.717) is 0 Å². The van der Waals surface area contributed by atoms with Gasteiger partial charge in [-0.05, 0) is 43.0 Å². The van der Waals surface area contributed by atoms with Crippen LogP contribution in [0.2, 0.25) is 0 Å². The summed E-state index contributed by atoms with van der Waals surface area (Å²) in [6.07, 6.45) is 3.63. The van der Waals surface area contributed by atoms with E-state index in [1.807, 2.05) is 12.1 Å². The topological polar surface area (TPSA) is 12.4 Å². The smallest absolute Gasteiger partial charge is 0.0266 e. The fourth-order valence-electron chi connectivity index (χ4n) is 0.924. The molecule has 0 N–H and O–H groups in total. The molecule has 12 heavy (non-hydrogen) atoms. The summed E-state index contributed by atoms with van der Waals surface area (Å²) in [5, 5.41) is 0. The molecule has 0 aromatic heterocycles. The molecular weight excluding hydrogens is 214 g/mol. The molecule has 62 valence electrons. The number of benzene rings is 1. The highest BCUT2D eigenvalue weighted by atomic mass is 79.9. The van der Waals surface area contributed by atoms with Crippen LogP contribution in [0.1, 0.15) is 11.1 Å². The molecule has 2 heteroatoms. The van der Waals surface area contributed by atoms with Crippen molar-refractivity contribution in [3.63, 3.8) is 0 Å². The molecule has 1 rings (SSSR count). The molecule has 0 amide bonds. The predicted octanol–water partition coefficient (Wildman–Crippen LogP) is 3.43. The van der Waals surface area contributed by atoms with Gasteiger partial charge in [-0.1, -0.05) is 22.0 Å². The van der Waals surface area contributed by atoms with Gasteiger partial charge < -0.3 is 0 Å². The van der Waals surface area contributed by atoms with E-state index in [-0.39, 0.29) is 0 Å². The number of halogens is 1. The van der Waals surface area contributed by atoms with Crippen LogP contribution in [0, 0.1) is 6.92 Å². The summed E-state index contributed by atoms with van der Waals surface area (Å²) in [6.45, 7) is 5.44. The Balaban J connectivity index is 3.04. The van der Waals surface area contributed by atoms with Crippen molar-refractivity contribution in [1.29, 1.82) is 0 Å². The summed E-state index contributed by atoms with van der Waals surface area (Å²) in [6, 6.07) is 6.14. The molecule has 0 aliphatic heterocycles. The predicted molar refractivity (Wildman–Crippen MR) is 57.5 cm³/mol. The lowest BCUT2D eigenvalue weighted by Gasteiger charge is -1.99. The Morgan fingerprint density at radius 2 is 2.25 bits per heavy atom. The van der Waals surface area contributed by atoms with Crippen molar-refractivity contribution >= 4 is 28.7 Å². The van der Waals surface area contributed by atoms with Gasteiger partial charge >= 0.3 is 0 Å². The molecule has 0 bridgehead atoms. The van der Waals surface area contributed by atoms with Crippen LogP contribution in [0.25, 0.3) is 6.08 Å². The lowest BCUT2D eigenvalue weighted by atomic mass is 10.1. The van der Waals surface area contributed by atoms with Gasteiger partial charge in [-0.3, -0.25) is 4.99 Å². The Morgan fingerprint density at radius 3 is 2.92 bits per heavy atom. The van der Waals surface area contributed by atoms with E-state index in [1.54, 1.807) is 6.20 Å². The molecule has 0 aliphatic carbocycles. The first kappa shape index (κ1) is 9.20. The average Bonchev–Trinajstić information content (AvgIpc) is 2.07. The standard InChI is InChI=1S/C10H10BrN/c1-8-3-4-10(11)7-9(8)5-6-12-2/h3-7H,2H2,1H3/b6-5-. The second kappa shape index (κ2) is 4.21. The van der Waals surface area contributed by atoms with E-state index in [4.69, 9.17) is 0 Å². The third-order valence-corrected chi connectivity index (χ3v) is 2.09. The highest BCUT2D eigenvalue weighted by molar-refractivity contribution is 9.10. The molecule has 1 nitrogen and oxygen atoms in total. The highest BCUT2D eigenvalue weighted by Crippen LogP contribution is 2.16. The fourth-order valence-corrected chi connectivity index (χ4v) is 1.30. The Bertz CT molecular complexity index is 316. The first-order valence-electron chi connectivity index (χ1n) is 3.62. The van der Waals surface area contributed by atoms with Gasteiger partial charge in [-0.25, -0.2) is 0 Å². The van der Waals surface area contributed by atoms with Crippen molar-refractivity contribution in [3.8, 4) is 0 Å². The number of aryl methyl sites for hydroxylation is 1. The molecule has 0 heterocycles. The molecule has 0 radical (unpaired) electrons. The maximum absolute atomic E-state index is 3.66. The van der Waals surface area contributed by atoms with Crippen LogP contribution in [0.5, 0.6) is 0 Å². The van der Waals surface area contributed by atoms with Crippen LogP contribution in [0.4, 0.5) is 0 Å². The first-order valence-corrected chi connectivity index (χ1v) is 4.42. The normalized spacial score (nSPS) is 10.5. The summed E-state index contributed by atoms with van der Waals surface area (Å²) in [7, 11) is 0. The SMILES string of the molecule is C=N/C=C\c1cc(Br)ccc1C. The van der Waals surface area contributed by atoms with Gasteiger partial charge in [-0.15, -0.1) is 0 Å². The zero-order valence-corrected chi connectivity index (χ0v) is 8.51. The van der Waals surface area contributed by atoms with E-state index in [9.17, 15) is 0 Å². The summed E-state index contributed by atoms with van der Waals surface area (Å²) in [4.78, 5) is 3.66. The number of hydrogen-bond donors (Lipinski definition) is 0. The van der Waals surface area contributed by atoms with Gasteiger partial charge in [0, 0.05) is 10.7 Å². The first-order chi connectivity index (χ1) is 5.74. The molecule has 0 fully saturated rings. The van der Waals surface area contributed by atoms with Crippen LogP contribution in [-0.4, -0.2) is 6.72 Å². The zero-order valence-electron chi connectivity index (χ0n) is 6.92. The third kappa shape index (κ3) is 2.31. The largest absolute Gasteiger partial charge is 0.272 e. The minimum absolute atomic E-state index is 1.08. The Hall–Kier alpha value is -0.890. The van der Waals surface area contributed by atoms with E-state index in [1.165, 1.54) is 5.56 Å². The highest BCUT2D eigenvalue weighted by Gasteiger charge is 1.93. The number of hydrogen-bond acceptors (Lipinski definition) is 1. The molecular formula is C10H10BrN. The summed E-state index contributed by atoms with van der Waals surface area (Å²) >= 11 is 3.41. The molecule has 0 atom stereocenters. The fraction of sp³-hybridized carbons (Fsp3) is 0.100. The number of nitrogens with zero attached hydrogens (tertiary/aromatic N) is 1. The Kier molecular flexibility index (Phi) is 3.23. The maximum atomic E-state index is 3.66. The van der Waals surface area contributed by atoms with Crippen LogP contribution in [0.15, 0.2) is 33.9 Å². The van der Waals surface area contributed by atoms with Crippen molar-refractivity contribution in [2.45, 2.75) is 6.92 Å². The zero-order chi connectivity index (χ0) is 8.97. The van der Waals surface area contributed by atoms with E-state index in [2.05, 4.69) is 46.7 Å². The van der Waals surface area contributed by atoms with E-state index < -0.39 is 0 Å². The third-order valence-electron chi connectivity index (χ3n) is 1.60. The number of aliphatic imine (C=N–C) groups is 1.